The zero-order valence-corrected chi connectivity index (χ0v) is 11.2. The van der Waals surface area contributed by atoms with Crippen molar-refractivity contribution < 1.29 is 9.50 Å². The van der Waals surface area contributed by atoms with Gasteiger partial charge in [0, 0.05) is 17.4 Å². The molecule has 0 amide bonds. The molecule has 1 fully saturated rings. The molecule has 1 heterocycles. The second-order valence-corrected chi connectivity index (χ2v) is 5.53. The van der Waals surface area contributed by atoms with Crippen molar-refractivity contribution >= 4 is 15.9 Å². The summed E-state index contributed by atoms with van der Waals surface area (Å²) in [6.45, 7) is 1.86. The Labute approximate surface area is 109 Å². The molecule has 0 bridgehead atoms. The van der Waals surface area contributed by atoms with Crippen molar-refractivity contribution in [2.24, 2.45) is 5.92 Å². The van der Waals surface area contributed by atoms with E-state index in [4.69, 9.17) is 0 Å². The minimum absolute atomic E-state index is 0.242. The van der Waals surface area contributed by atoms with E-state index < -0.39 is 6.10 Å². The highest BCUT2D eigenvalue weighted by Crippen LogP contribution is 2.21. The van der Waals surface area contributed by atoms with Crippen molar-refractivity contribution in [2.75, 3.05) is 13.1 Å². The summed E-state index contributed by atoms with van der Waals surface area (Å²) >= 11 is 3.23. The molecule has 0 aromatic heterocycles. The van der Waals surface area contributed by atoms with Crippen LogP contribution < -0.4 is 5.32 Å². The molecular weight excluding hydrogens is 285 g/mol. The van der Waals surface area contributed by atoms with Crippen molar-refractivity contribution in [1.82, 2.24) is 5.32 Å². The van der Waals surface area contributed by atoms with E-state index in [1.54, 1.807) is 6.07 Å². The number of rotatable bonds is 3. The number of aliphatic hydroxyl groups is 1. The lowest BCUT2D eigenvalue weighted by Gasteiger charge is -2.27. The first kappa shape index (κ1) is 13.0. The molecule has 94 valence electrons. The fourth-order valence-corrected chi connectivity index (χ4v) is 2.62. The molecule has 2 nitrogen and oxygen atoms in total. The third-order valence-corrected chi connectivity index (χ3v) is 3.82. The summed E-state index contributed by atoms with van der Waals surface area (Å²) in [6, 6.07) is 4.99. The predicted octanol–water partition coefficient (Wildman–Crippen LogP) is 2.49. The van der Waals surface area contributed by atoms with Crippen LogP contribution in [0.4, 0.5) is 4.39 Å². The van der Waals surface area contributed by atoms with E-state index in [1.165, 1.54) is 6.07 Å². The number of benzene rings is 1. The van der Waals surface area contributed by atoms with Crippen molar-refractivity contribution in [3.63, 3.8) is 0 Å². The molecule has 1 aromatic rings. The van der Waals surface area contributed by atoms with Crippen LogP contribution in [0, 0.1) is 11.7 Å². The third kappa shape index (κ3) is 3.50. The normalized spacial score (nSPS) is 22.4. The van der Waals surface area contributed by atoms with Gasteiger partial charge in [-0.05, 0) is 43.0 Å². The Morgan fingerprint density at radius 1 is 1.53 bits per heavy atom. The molecule has 1 saturated heterocycles. The first-order valence-electron chi connectivity index (χ1n) is 5.99. The summed E-state index contributed by atoms with van der Waals surface area (Å²) in [5.74, 6) is -0.00556. The number of nitrogens with one attached hydrogen (secondary N) is 1. The van der Waals surface area contributed by atoms with Crippen LogP contribution in [0.5, 0.6) is 0 Å². The molecule has 2 unspecified atom stereocenters. The molecule has 1 aliphatic heterocycles. The van der Waals surface area contributed by atoms with Crippen molar-refractivity contribution in [1.29, 1.82) is 0 Å². The summed E-state index contributed by atoms with van der Waals surface area (Å²) in [4.78, 5) is 0. The summed E-state index contributed by atoms with van der Waals surface area (Å²) < 4.78 is 14.4. The van der Waals surface area contributed by atoms with Crippen LogP contribution in [-0.4, -0.2) is 24.3 Å². The highest BCUT2D eigenvalue weighted by atomic mass is 79.9. The van der Waals surface area contributed by atoms with Crippen molar-refractivity contribution in [3.8, 4) is 0 Å². The maximum absolute atomic E-state index is 13.6. The Morgan fingerprint density at radius 2 is 2.35 bits per heavy atom. The van der Waals surface area contributed by atoms with Gasteiger partial charge in [-0.15, -0.1) is 0 Å². The topological polar surface area (TPSA) is 32.3 Å². The number of hydrogen-bond acceptors (Lipinski definition) is 2. The summed E-state index contributed by atoms with van der Waals surface area (Å²) in [5.41, 5.74) is 0.589. The highest BCUT2D eigenvalue weighted by Gasteiger charge is 2.22. The van der Waals surface area contributed by atoms with E-state index >= 15 is 0 Å². The largest absolute Gasteiger partial charge is 0.392 e. The van der Waals surface area contributed by atoms with Gasteiger partial charge in [-0.25, -0.2) is 4.39 Å². The molecule has 0 radical (unpaired) electrons. The molecule has 2 N–H and O–H groups in total. The van der Waals surface area contributed by atoms with Crippen LogP contribution >= 0.6 is 15.9 Å². The lowest BCUT2D eigenvalue weighted by Crippen LogP contribution is -2.37. The van der Waals surface area contributed by atoms with Gasteiger partial charge in [0.15, 0.2) is 0 Å². The molecular formula is C13H17BrFNO. The van der Waals surface area contributed by atoms with Gasteiger partial charge < -0.3 is 10.4 Å². The van der Waals surface area contributed by atoms with Crippen LogP contribution in [0.25, 0.3) is 0 Å². The minimum Gasteiger partial charge on any atom is -0.392 e. The SMILES string of the molecule is OC(Cc1ccc(Br)cc1F)C1CCCNC1. The average Bonchev–Trinajstić information content (AvgIpc) is 2.34. The fourth-order valence-electron chi connectivity index (χ4n) is 2.29. The highest BCUT2D eigenvalue weighted by molar-refractivity contribution is 9.10. The second kappa shape index (κ2) is 5.94. The van der Waals surface area contributed by atoms with E-state index in [9.17, 15) is 9.50 Å². The molecule has 1 aliphatic rings. The van der Waals surface area contributed by atoms with E-state index in [-0.39, 0.29) is 11.7 Å². The third-order valence-electron chi connectivity index (χ3n) is 3.32. The lowest BCUT2D eigenvalue weighted by atomic mass is 9.90. The molecule has 0 spiro atoms. The van der Waals surface area contributed by atoms with Crippen LogP contribution in [0.1, 0.15) is 18.4 Å². The molecule has 4 heteroatoms. The van der Waals surface area contributed by atoms with E-state index in [0.29, 0.717) is 12.0 Å². The Kier molecular flexibility index (Phi) is 4.54. The van der Waals surface area contributed by atoms with Gasteiger partial charge in [0.2, 0.25) is 0 Å². The zero-order valence-electron chi connectivity index (χ0n) is 9.63. The molecule has 2 atom stereocenters. The number of halogens is 2. The van der Waals surface area contributed by atoms with Gasteiger partial charge in [0.1, 0.15) is 5.82 Å². The van der Waals surface area contributed by atoms with Crippen molar-refractivity contribution in [2.45, 2.75) is 25.4 Å². The van der Waals surface area contributed by atoms with E-state index in [1.807, 2.05) is 6.07 Å². The zero-order chi connectivity index (χ0) is 12.3. The molecule has 2 rings (SSSR count). The Morgan fingerprint density at radius 3 is 3.00 bits per heavy atom. The van der Waals surface area contributed by atoms with E-state index in [0.717, 1.165) is 30.4 Å². The van der Waals surface area contributed by atoms with Gasteiger partial charge in [-0.3, -0.25) is 0 Å². The molecule has 1 aromatic carbocycles. The van der Waals surface area contributed by atoms with Crippen LogP contribution in [0.3, 0.4) is 0 Å². The fraction of sp³-hybridized carbons (Fsp3) is 0.538. The summed E-state index contributed by atoms with van der Waals surface area (Å²) in [6.07, 6.45) is 2.04. The predicted molar refractivity (Wildman–Crippen MR) is 69.4 cm³/mol. The first-order valence-corrected chi connectivity index (χ1v) is 6.79. The summed E-state index contributed by atoms with van der Waals surface area (Å²) in [5, 5.41) is 13.4. The Hall–Kier alpha value is -0.450. The molecule has 0 aliphatic carbocycles. The average molecular weight is 302 g/mol. The smallest absolute Gasteiger partial charge is 0.127 e. The standard InChI is InChI=1S/C13H17BrFNO/c14-11-4-3-9(12(15)7-11)6-13(17)10-2-1-5-16-8-10/h3-4,7,10,13,16-17H,1-2,5-6,8H2. The number of piperidine rings is 1. The van der Waals surface area contributed by atoms with Gasteiger partial charge in [0.25, 0.3) is 0 Å². The quantitative estimate of drug-likeness (QED) is 0.899. The molecule has 17 heavy (non-hydrogen) atoms. The summed E-state index contributed by atoms with van der Waals surface area (Å²) in [7, 11) is 0. The van der Waals surface area contributed by atoms with Gasteiger partial charge >= 0.3 is 0 Å². The van der Waals surface area contributed by atoms with Crippen LogP contribution in [-0.2, 0) is 6.42 Å². The second-order valence-electron chi connectivity index (χ2n) is 4.61. The Bertz CT molecular complexity index is 380. The van der Waals surface area contributed by atoms with Gasteiger partial charge in [-0.2, -0.15) is 0 Å². The first-order chi connectivity index (χ1) is 8.16. The Balaban J connectivity index is 1.99. The number of aliphatic hydroxyl groups excluding tert-OH is 1. The minimum atomic E-state index is -0.460. The maximum Gasteiger partial charge on any atom is 0.127 e. The van der Waals surface area contributed by atoms with Crippen molar-refractivity contribution in [3.05, 3.63) is 34.1 Å². The molecule has 0 saturated carbocycles. The lowest BCUT2D eigenvalue weighted by molar-refractivity contribution is 0.0914. The maximum atomic E-state index is 13.6. The van der Waals surface area contributed by atoms with Crippen LogP contribution in [0.15, 0.2) is 22.7 Å². The van der Waals surface area contributed by atoms with Gasteiger partial charge in [0.05, 0.1) is 6.10 Å². The number of hydrogen-bond donors (Lipinski definition) is 2. The van der Waals surface area contributed by atoms with E-state index in [2.05, 4.69) is 21.2 Å². The van der Waals surface area contributed by atoms with Gasteiger partial charge in [-0.1, -0.05) is 22.0 Å². The van der Waals surface area contributed by atoms with Crippen LogP contribution in [0.2, 0.25) is 0 Å². The monoisotopic (exact) mass is 301 g/mol.